The first-order valence-electron chi connectivity index (χ1n) is 5.37. The molecule has 0 fully saturated rings. The SMILES string of the molecule is Cc1ccoc1CNCCSC(C)(C)C. The van der Waals surface area contributed by atoms with Gasteiger partial charge in [-0.3, -0.25) is 0 Å². The maximum Gasteiger partial charge on any atom is 0.120 e. The summed E-state index contributed by atoms with van der Waals surface area (Å²) in [6, 6.07) is 2.00. The minimum absolute atomic E-state index is 0.363. The van der Waals surface area contributed by atoms with Crippen molar-refractivity contribution in [2.45, 2.75) is 39.0 Å². The van der Waals surface area contributed by atoms with Crippen molar-refractivity contribution in [3.8, 4) is 0 Å². The van der Waals surface area contributed by atoms with Gasteiger partial charge in [0.25, 0.3) is 0 Å². The van der Waals surface area contributed by atoms with Crippen LogP contribution in [0, 0.1) is 6.92 Å². The zero-order valence-corrected chi connectivity index (χ0v) is 10.9. The zero-order valence-electron chi connectivity index (χ0n) is 10.1. The van der Waals surface area contributed by atoms with Crippen LogP contribution in [0.5, 0.6) is 0 Å². The van der Waals surface area contributed by atoms with E-state index in [1.165, 1.54) is 5.56 Å². The Morgan fingerprint density at radius 1 is 1.40 bits per heavy atom. The monoisotopic (exact) mass is 227 g/mol. The van der Waals surface area contributed by atoms with Crippen LogP contribution in [0.1, 0.15) is 32.1 Å². The van der Waals surface area contributed by atoms with Gasteiger partial charge < -0.3 is 9.73 Å². The van der Waals surface area contributed by atoms with E-state index < -0.39 is 0 Å². The van der Waals surface area contributed by atoms with E-state index in [-0.39, 0.29) is 0 Å². The fraction of sp³-hybridized carbons (Fsp3) is 0.667. The van der Waals surface area contributed by atoms with Crippen LogP contribution < -0.4 is 5.32 Å². The average molecular weight is 227 g/mol. The third kappa shape index (κ3) is 5.28. The standard InChI is InChI=1S/C12H21NOS/c1-10-5-7-14-11(10)9-13-6-8-15-12(2,3)4/h5,7,13H,6,8-9H2,1-4H3. The molecule has 1 N–H and O–H groups in total. The van der Waals surface area contributed by atoms with E-state index in [1.54, 1.807) is 6.26 Å². The summed E-state index contributed by atoms with van der Waals surface area (Å²) >= 11 is 1.98. The highest BCUT2D eigenvalue weighted by Gasteiger charge is 2.09. The first kappa shape index (κ1) is 12.7. The molecule has 0 aliphatic heterocycles. The van der Waals surface area contributed by atoms with E-state index in [2.05, 4.69) is 33.0 Å². The molecule has 0 unspecified atom stereocenters. The molecular weight excluding hydrogens is 206 g/mol. The summed E-state index contributed by atoms with van der Waals surface area (Å²) in [7, 11) is 0. The smallest absolute Gasteiger partial charge is 0.120 e. The lowest BCUT2D eigenvalue weighted by atomic mass is 10.3. The molecule has 1 aromatic heterocycles. The molecule has 0 amide bonds. The third-order valence-corrected chi connectivity index (χ3v) is 3.34. The Hall–Kier alpha value is -0.410. The molecule has 0 saturated heterocycles. The highest BCUT2D eigenvalue weighted by Crippen LogP contribution is 2.22. The molecule has 1 rings (SSSR count). The van der Waals surface area contributed by atoms with E-state index in [4.69, 9.17) is 4.42 Å². The number of hydrogen-bond acceptors (Lipinski definition) is 3. The van der Waals surface area contributed by atoms with Crippen LogP contribution in [0.3, 0.4) is 0 Å². The molecule has 0 bridgehead atoms. The maximum absolute atomic E-state index is 5.34. The van der Waals surface area contributed by atoms with E-state index in [0.29, 0.717) is 4.75 Å². The Morgan fingerprint density at radius 3 is 2.67 bits per heavy atom. The highest BCUT2D eigenvalue weighted by atomic mass is 32.2. The van der Waals surface area contributed by atoms with Crippen molar-refractivity contribution in [2.75, 3.05) is 12.3 Å². The third-order valence-electron chi connectivity index (χ3n) is 2.07. The van der Waals surface area contributed by atoms with Gasteiger partial charge in [-0.05, 0) is 18.6 Å². The van der Waals surface area contributed by atoms with E-state index in [0.717, 1.165) is 24.6 Å². The first-order valence-corrected chi connectivity index (χ1v) is 6.35. The van der Waals surface area contributed by atoms with Gasteiger partial charge in [-0.1, -0.05) is 20.8 Å². The Morgan fingerprint density at radius 2 is 2.13 bits per heavy atom. The molecule has 0 atom stereocenters. The number of thioether (sulfide) groups is 1. The van der Waals surface area contributed by atoms with Gasteiger partial charge in [0.05, 0.1) is 12.8 Å². The Bertz CT molecular complexity index is 288. The summed E-state index contributed by atoms with van der Waals surface area (Å²) in [5.41, 5.74) is 1.23. The Balaban J connectivity index is 2.10. The number of aryl methyl sites for hydroxylation is 1. The van der Waals surface area contributed by atoms with Crippen LogP contribution >= 0.6 is 11.8 Å². The van der Waals surface area contributed by atoms with Crippen LogP contribution in [0.25, 0.3) is 0 Å². The molecule has 15 heavy (non-hydrogen) atoms. The molecule has 0 aliphatic carbocycles. The molecular formula is C12H21NOS. The van der Waals surface area contributed by atoms with Gasteiger partial charge in [0.1, 0.15) is 5.76 Å². The van der Waals surface area contributed by atoms with Crippen molar-refractivity contribution >= 4 is 11.8 Å². The normalized spacial score (nSPS) is 12.0. The molecule has 0 saturated carbocycles. The second-order valence-corrected chi connectivity index (χ2v) is 6.59. The lowest BCUT2D eigenvalue weighted by molar-refractivity contribution is 0.485. The minimum atomic E-state index is 0.363. The quantitative estimate of drug-likeness (QED) is 0.782. The molecule has 0 aromatic carbocycles. The number of hydrogen-bond donors (Lipinski definition) is 1. The van der Waals surface area contributed by atoms with Gasteiger partial charge in [0.15, 0.2) is 0 Å². The van der Waals surface area contributed by atoms with Crippen molar-refractivity contribution < 1.29 is 4.42 Å². The lowest BCUT2D eigenvalue weighted by Gasteiger charge is -2.17. The second kappa shape index (κ2) is 5.61. The van der Waals surface area contributed by atoms with Crippen LogP contribution in [-0.4, -0.2) is 17.0 Å². The molecule has 86 valence electrons. The van der Waals surface area contributed by atoms with Crippen molar-refractivity contribution in [1.29, 1.82) is 0 Å². The Labute approximate surface area is 96.8 Å². The summed E-state index contributed by atoms with van der Waals surface area (Å²) in [5.74, 6) is 2.19. The Kier molecular flexibility index (Phi) is 4.74. The van der Waals surface area contributed by atoms with Crippen LogP contribution in [0.2, 0.25) is 0 Å². The summed E-state index contributed by atoms with van der Waals surface area (Å²) in [6.45, 7) is 10.7. The van der Waals surface area contributed by atoms with Crippen LogP contribution in [-0.2, 0) is 6.54 Å². The largest absolute Gasteiger partial charge is 0.468 e. The van der Waals surface area contributed by atoms with Gasteiger partial charge in [-0.2, -0.15) is 11.8 Å². The summed E-state index contributed by atoms with van der Waals surface area (Å²) in [4.78, 5) is 0. The summed E-state index contributed by atoms with van der Waals surface area (Å²) in [5, 5.41) is 3.39. The second-order valence-electron chi connectivity index (χ2n) is 4.66. The van der Waals surface area contributed by atoms with Gasteiger partial charge >= 0.3 is 0 Å². The number of rotatable bonds is 5. The molecule has 0 radical (unpaired) electrons. The maximum atomic E-state index is 5.34. The lowest BCUT2D eigenvalue weighted by Crippen LogP contribution is -2.19. The zero-order chi connectivity index (χ0) is 11.3. The predicted octanol–water partition coefficient (Wildman–Crippen LogP) is 3.21. The van der Waals surface area contributed by atoms with E-state index >= 15 is 0 Å². The molecule has 2 nitrogen and oxygen atoms in total. The highest BCUT2D eigenvalue weighted by molar-refractivity contribution is 8.00. The predicted molar refractivity (Wildman–Crippen MR) is 67.4 cm³/mol. The van der Waals surface area contributed by atoms with Crippen LogP contribution in [0.15, 0.2) is 16.7 Å². The van der Waals surface area contributed by atoms with Crippen molar-refractivity contribution in [1.82, 2.24) is 5.32 Å². The number of nitrogens with one attached hydrogen (secondary N) is 1. The van der Waals surface area contributed by atoms with Gasteiger partial charge in [-0.15, -0.1) is 0 Å². The summed E-state index contributed by atoms with van der Waals surface area (Å²) < 4.78 is 5.71. The summed E-state index contributed by atoms with van der Waals surface area (Å²) in [6.07, 6.45) is 1.75. The van der Waals surface area contributed by atoms with Gasteiger partial charge in [-0.25, -0.2) is 0 Å². The molecule has 1 heterocycles. The van der Waals surface area contributed by atoms with E-state index in [9.17, 15) is 0 Å². The van der Waals surface area contributed by atoms with E-state index in [1.807, 2.05) is 17.8 Å². The fourth-order valence-electron chi connectivity index (χ4n) is 1.22. The number of furan rings is 1. The first-order chi connectivity index (χ1) is 6.99. The van der Waals surface area contributed by atoms with Crippen LogP contribution in [0.4, 0.5) is 0 Å². The average Bonchev–Trinajstić information content (AvgIpc) is 2.49. The van der Waals surface area contributed by atoms with Crippen molar-refractivity contribution in [2.24, 2.45) is 0 Å². The minimum Gasteiger partial charge on any atom is -0.468 e. The topological polar surface area (TPSA) is 25.2 Å². The molecule has 0 aliphatic rings. The van der Waals surface area contributed by atoms with Crippen molar-refractivity contribution in [3.05, 3.63) is 23.7 Å². The van der Waals surface area contributed by atoms with Crippen molar-refractivity contribution in [3.63, 3.8) is 0 Å². The van der Waals surface area contributed by atoms with Gasteiger partial charge in [0.2, 0.25) is 0 Å². The molecule has 0 spiro atoms. The fourth-order valence-corrected chi connectivity index (χ4v) is 2.08. The van der Waals surface area contributed by atoms with Gasteiger partial charge in [0, 0.05) is 17.0 Å². The molecule has 1 aromatic rings. The molecule has 3 heteroatoms.